The van der Waals surface area contributed by atoms with E-state index in [1.54, 1.807) is 46.0 Å². The van der Waals surface area contributed by atoms with Crippen molar-refractivity contribution in [3.63, 3.8) is 0 Å². The second-order valence-electron chi connectivity index (χ2n) is 12.3. The van der Waals surface area contributed by atoms with Gasteiger partial charge in [0.2, 0.25) is 0 Å². The fraction of sp³-hybridized carbons (Fsp3) is 0.800. The maximum Gasteiger partial charge on any atom is 0.355 e. The third-order valence-electron chi connectivity index (χ3n) is 11.1. The lowest BCUT2D eigenvalue weighted by Gasteiger charge is -2.60. The molecule has 1 spiro atoms. The summed E-state index contributed by atoms with van der Waals surface area (Å²) < 4.78 is 12.3. The number of H-pyrrole nitrogens is 1. The Bertz CT molecular complexity index is 1080. The van der Waals surface area contributed by atoms with E-state index in [1.807, 2.05) is 6.92 Å². The van der Waals surface area contributed by atoms with Crippen molar-refractivity contribution in [1.29, 1.82) is 0 Å². The highest BCUT2D eigenvalue weighted by atomic mass is 16.7. The number of hydrogen-bond acceptors (Lipinski definition) is 8. The van der Waals surface area contributed by atoms with Crippen LogP contribution in [0.15, 0.2) is 18.3 Å². The number of ether oxygens (including phenoxy) is 2. The van der Waals surface area contributed by atoms with Crippen LogP contribution >= 0.6 is 0 Å². The largest absolute Gasteiger partial charge is 0.454 e. The van der Waals surface area contributed by atoms with E-state index in [-0.39, 0.29) is 24.5 Å². The van der Waals surface area contributed by atoms with Crippen molar-refractivity contribution in [3.05, 3.63) is 24.0 Å². The summed E-state index contributed by atoms with van der Waals surface area (Å²) in [6.45, 7) is 8.60. The van der Waals surface area contributed by atoms with Crippen LogP contribution in [0.5, 0.6) is 0 Å². The summed E-state index contributed by atoms with van der Waals surface area (Å²) in [6, 6.07) is 3.20. The number of rotatable bonds is 3. The minimum Gasteiger partial charge on any atom is -0.454 e. The summed E-state index contributed by atoms with van der Waals surface area (Å²) in [4.78, 5) is 15.9. The SMILES string of the molecule is CC(C)[C@@]1(O)[C@@H](OC(=O)c2ccc[nH]2)[C@@H]2[C@@]3(O)[C@]45O[C@](O)(C[C@@]2(C)[C@@]4(O)CC[C@H](C)[C@H]5O)[C@]31C. The van der Waals surface area contributed by atoms with E-state index < -0.39 is 69.0 Å². The van der Waals surface area contributed by atoms with Crippen LogP contribution in [-0.4, -0.2) is 76.9 Å². The number of aliphatic hydroxyl groups is 5. The molecule has 1 aromatic heterocycles. The summed E-state index contributed by atoms with van der Waals surface area (Å²) in [5.41, 5.74) is -10.5. The number of aromatic nitrogens is 1. The Morgan fingerprint density at radius 3 is 2.50 bits per heavy atom. The van der Waals surface area contributed by atoms with Gasteiger partial charge in [-0.3, -0.25) is 0 Å². The second-order valence-corrected chi connectivity index (χ2v) is 12.3. The molecule has 4 saturated carbocycles. The van der Waals surface area contributed by atoms with Crippen LogP contribution in [0.2, 0.25) is 0 Å². The number of aliphatic hydroxyl groups excluding tert-OH is 1. The highest BCUT2D eigenvalue weighted by molar-refractivity contribution is 5.87. The van der Waals surface area contributed by atoms with Gasteiger partial charge in [0.25, 0.3) is 0 Å². The summed E-state index contributed by atoms with van der Waals surface area (Å²) in [5, 5.41) is 61.2. The van der Waals surface area contributed by atoms with Gasteiger partial charge < -0.3 is 40.0 Å². The lowest BCUT2D eigenvalue weighted by molar-refractivity contribution is -0.385. The van der Waals surface area contributed by atoms with Gasteiger partial charge in [-0.15, -0.1) is 0 Å². The summed E-state index contributed by atoms with van der Waals surface area (Å²) in [5.74, 6) is -4.68. The Balaban J connectivity index is 1.64. The molecule has 34 heavy (non-hydrogen) atoms. The van der Waals surface area contributed by atoms with Crippen molar-refractivity contribution in [2.75, 3.05) is 0 Å². The molecular weight excluding hydrogens is 442 g/mol. The van der Waals surface area contributed by atoms with E-state index in [4.69, 9.17) is 9.47 Å². The first-order valence-electron chi connectivity index (χ1n) is 12.3. The van der Waals surface area contributed by atoms with E-state index in [0.717, 1.165) is 0 Å². The molecule has 6 aliphatic rings. The molecule has 9 nitrogen and oxygen atoms in total. The lowest BCUT2D eigenvalue weighted by Crippen LogP contribution is -2.75. The number of aromatic amines is 1. The van der Waals surface area contributed by atoms with Gasteiger partial charge in [0, 0.05) is 24.0 Å². The number of nitrogens with one attached hydrogen (secondary N) is 1. The summed E-state index contributed by atoms with van der Waals surface area (Å²) in [7, 11) is 0. The third-order valence-corrected chi connectivity index (χ3v) is 11.1. The van der Waals surface area contributed by atoms with Gasteiger partial charge in [-0.1, -0.05) is 27.7 Å². The Morgan fingerprint density at radius 1 is 1.24 bits per heavy atom. The van der Waals surface area contributed by atoms with Crippen LogP contribution in [-0.2, 0) is 9.47 Å². The monoisotopic (exact) mass is 477 g/mol. The molecule has 6 bridgehead atoms. The smallest absolute Gasteiger partial charge is 0.355 e. The molecule has 0 amide bonds. The van der Waals surface area contributed by atoms with Gasteiger partial charge in [-0.25, -0.2) is 4.79 Å². The van der Waals surface area contributed by atoms with Crippen LogP contribution in [0.3, 0.4) is 0 Å². The van der Waals surface area contributed by atoms with Crippen molar-refractivity contribution in [2.24, 2.45) is 28.6 Å². The highest BCUT2D eigenvalue weighted by Crippen LogP contribution is 2.89. The van der Waals surface area contributed by atoms with Crippen molar-refractivity contribution in [3.8, 4) is 0 Å². The first-order valence-corrected chi connectivity index (χ1v) is 12.3. The first kappa shape index (κ1) is 22.9. The molecule has 0 radical (unpaired) electrons. The van der Waals surface area contributed by atoms with Crippen molar-refractivity contribution >= 4 is 5.97 Å². The quantitative estimate of drug-likeness (QED) is 0.348. The molecule has 3 heterocycles. The molecule has 6 fully saturated rings. The van der Waals surface area contributed by atoms with Gasteiger partial charge >= 0.3 is 5.97 Å². The molecule has 0 unspecified atom stereocenters. The third kappa shape index (κ3) is 1.74. The highest BCUT2D eigenvalue weighted by Gasteiger charge is 3.05. The van der Waals surface area contributed by atoms with Gasteiger partial charge in [0.1, 0.15) is 28.6 Å². The van der Waals surface area contributed by atoms with Crippen LogP contribution in [0.4, 0.5) is 0 Å². The molecule has 1 aromatic rings. The maximum absolute atomic E-state index is 13.1. The van der Waals surface area contributed by atoms with Crippen LogP contribution < -0.4 is 0 Å². The number of esters is 1. The summed E-state index contributed by atoms with van der Waals surface area (Å²) in [6.07, 6.45) is -0.327. The van der Waals surface area contributed by atoms with Crippen LogP contribution in [0.25, 0.3) is 0 Å². The van der Waals surface area contributed by atoms with E-state index in [1.165, 1.54) is 0 Å². The lowest BCUT2D eigenvalue weighted by atomic mass is 9.54. The van der Waals surface area contributed by atoms with Gasteiger partial charge in [-0.2, -0.15) is 0 Å². The molecule has 9 heteroatoms. The van der Waals surface area contributed by atoms with E-state index in [2.05, 4.69) is 4.98 Å². The predicted molar refractivity (Wildman–Crippen MR) is 117 cm³/mol. The van der Waals surface area contributed by atoms with Crippen LogP contribution in [0.1, 0.15) is 64.4 Å². The summed E-state index contributed by atoms with van der Waals surface area (Å²) >= 11 is 0. The Kier molecular flexibility index (Phi) is 3.98. The Hall–Kier alpha value is -1.49. The van der Waals surface area contributed by atoms with Crippen molar-refractivity contribution in [2.45, 2.75) is 94.3 Å². The zero-order valence-electron chi connectivity index (χ0n) is 20.2. The van der Waals surface area contributed by atoms with Gasteiger partial charge in [0.05, 0.1) is 11.5 Å². The average Bonchev–Trinajstić information content (AvgIpc) is 3.39. The minimum atomic E-state index is -2.08. The molecule has 2 aliphatic heterocycles. The number of hydrogen-bond donors (Lipinski definition) is 6. The van der Waals surface area contributed by atoms with Gasteiger partial charge in [0.15, 0.2) is 11.4 Å². The molecule has 6 N–H and O–H groups in total. The maximum atomic E-state index is 13.1. The zero-order valence-corrected chi connectivity index (χ0v) is 20.2. The minimum absolute atomic E-state index is 0.0750. The standard InChI is InChI=1S/C25H35NO8/c1-12(2)23(31)17(33-18(28)14-7-6-10-26-14)15-19(4)11-22(30)20(23,5)24(15,32)25(34-22)16(27)13(3)8-9-21(19,25)29/h6-7,10,12-13,15-17,26-27,29-32H,8-9,11H2,1-5H3/t13-,15-,16+,17-,19+,20-,21-,22+,23+,24-,25+/m0/s1. The van der Waals surface area contributed by atoms with Gasteiger partial charge in [-0.05, 0) is 43.7 Å². The van der Waals surface area contributed by atoms with Crippen molar-refractivity contribution < 1.29 is 39.8 Å². The number of carbonyl (C=O) groups excluding carboxylic acids is 1. The normalized spacial score (nSPS) is 59.0. The van der Waals surface area contributed by atoms with E-state index in [9.17, 15) is 30.3 Å². The average molecular weight is 478 g/mol. The zero-order chi connectivity index (χ0) is 24.9. The molecule has 0 aromatic carbocycles. The predicted octanol–water partition coefficient (Wildman–Crippen LogP) is 0.697. The molecule has 11 atom stereocenters. The molecule has 188 valence electrons. The Morgan fingerprint density at radius 2 is 1.91 bits per heavy atom. The molecule has 4 aliphatic carbocycles. The topological polar surface area (TPSA) is 152 Å². The Labute approximate surface area is 198 Å². The fourth-order valence-electron chi connectivity index (χ4n) is 9.57. The molecular formula is C25H35NO8. The number of carbonyl (C=O) groups is 1. The second kappa shape index (κ2) is 5.90. The fourth-order valence-corrected chi connectivity index (χ4v) is 9.57. The molecule has 7 rings (SSSR count). The van der Waals surface area contributed by atoms with E-state index >= 15 is 0 Å². The van der Waals surface area contributed by atoms with E-state index in [0.29, 0.717) is 6.42 Å². The first-order chi connectivity index (χ1) is 15.6. The molecule has 2 saturated heterocycles. The van der Waals surface area contributed by atoms with Crippen molar-refractivity contribution in [1.82, 2.24) is 4.98 Å². The van der Waals surface area contributed by atoms with Crippen LogP contribution in [0, 0.1) is 28.6 Å².